The van der Waals surface area contributed by atoms with Crippen LogP contribution in [-0.2, 0) is 5.88 Å². The summed E-state index contributed by atoms with van der Waals surface area (Å²) in [6, 6.07) is 3.20. The van der Waals surface area contributed by atoms with Gasteiger partial charge in [0.1, 0.15) is 0 Å². The quantitative estimate of drug-likeness (QED) is 0.705. The van der Waals surface area contributed by atoms with Crippen molar-refractivity contribution in [1.29, 1.82) is 0 Å². The average Bonchev–Trinajstić information content (AvgIpc) is 2.17. The van der Waals surface area contributed by atoms with Crippen LogP contribution in [0.3, 0.4) is 0 Å². The molecule has 0 aliphatic carbocycles. The minimum atomic E-state index is -0.461. The molecule has 2 nitrogen and oxygen atoms in total. The maximum absolute atomic E-state index is 13.4. The highest BCUT2D eigenvalue weighted by molar-refractivity contribution is 6.17. The molecule has 0 aliphatic heterocycles. The Morgan fingerprint density at radius 2 is 2.00 bits per heavy atom. The van der Waals surface area contributed by atoms with Crippen molar-refractivity contribution < 1.29 is 13.9 Å². The normalized spacial score (nSPS) is 9.85. The molecule has 0 radical (unpaired) electrons. The summed E-state index contributed by atoms with van der Waals surface area (Å²) in [4.78, 5) is 0. The average molecular weight is 205 g/mol. The predicted octanol–water partition coefficient (Wildman–Crippen LogP) is 2.58. The number of alkyl halides is 1. The predicted molar refractivity (Wildman–Crippen MR) is 49.1 cm³/mol. The molecule has 0 bridgehead atoms. The van der Waals surface area contributed by atoms with Crippen molar-refractivity contribution in [2.45, 2.75) is 5.88 Å². The van der Waals surface area contributed by atoms with Gasteiger partial charge >= 0.3 is 0 Å². The van der Waals surface area contributed by atoms with Crippen LogP contribution in [0.4, 0.5) is 4.39 Å². The van der Waals surface area contributed by atoms with Crippen molar-refractivity contribution in [3.8, 4) is 11.5 Å². The Bertz CT molecular complexity index is 302. The number of hydrogen-bond acceptors (Lipinski definition) is 2. The molecule has 13 heavy (non-hydrogen) atoms. The van der Waals surface area contributed by atoms with E-state index in [0.29, 0.717) is 11.3 Å². The molecule has 0 fully saturated rings. The third-order valence-electron chi connectivity index (χ3n) is 1.71. The maximum Gasteiger partial charge on any atom is 0.197 e. The second kappa shape index (κ2) is 4.33. The highest BCUT2D eigenvalue weighted by atomic mass is 35.5. The highest BCUT2D eigenvalue weighted by Gasteiger charge is 2.13. The molecule has 0 saturated carbocycles. The van der Waals surface area contributed by atoms with E-state index >= 15 is 0 Å². The van der Waals surface area contributed by atoms with E-state index < -0.39 is 5.82 Å². The fraction of sp³-hybridized carbons (Fsp3) is 0.333. The molecule has 1 aromatic rings. The van der Waals surface area contributed by atoms with Crippen molar-refractivity contribution in [3.63, 3.8) is 0 Å². The van der Waals surface area contributed by atoms with Crippen LogP contribution >= 0.6 is 11.6 Å². The first-order valence-electron chi connectivity index (χ1n) is 3.70. The Kier molecular flexibility index (Phi) is 3.37. The van der Waals surface area contributed by atoms with Gasteiger partial charge in [-0.05, 0) is 6.07 Å². The zero-order chi connectivity index (χ0) is 9.84. The number of halogens is 2. The van der Waals surface area contributed by atoms with Crippen LogP contribution in [0.25, 0.3) is 0 Å². The van der Waals surface area contributed by atoms with Crippen LogP contribution in [0, 0.1) is 5.82 Å². The molecule has 4 heteroatoms. The highest BCUT2D eigenvalue weighted by Crippen LogP contribution is 2.32. The van der Waals surface area contributed by atoms with Crippen molar-refractivity contribution in [1.82, 2.24) is 0 Å². The minimum absolute atomic E-state index is 0.0978. The van der Waals surface area contributed by atoms with Gasteiger partial charge in [0.05, 0.1) is 20.1 Å². The molecule has 0 N–H and O–H groups in total. The lowest BCUT2D eigenvalue weighted by Crippen LogP contribution is -1.96. The van der Waals surface area contributed by atoms with Gasteiger partial charge in [0, 0.05) is 5.56 Å². The largest absolute Gasteiger partial charge is 0.493 e. The van der Waals surface area contributed by atoms with Gasteiger partial charge in [-0.1, -0.05) is 6.07 Å². The third-order valence-corrected chi connectivity index (χ3v) is 2.00. The van der Waals surface area contributed by atoms with E-state index in [4.69, 9.17) is 21.1 Å². The van der Waals surface area contributed by atoms with E-state index in [9.17, 15) is 4.39 Å². The zero-order valence-electron chi connectivity index (χ0n) is 7.43. The van der Waals surface area contributed by atoms with E-state index in [2.05, 4.69) is 0 Å². The standard InChI is InChI=1S/C9H10ClFO2/c1-12-7-4-3-6(5-10)8(11)9(7)13-2/h3-4H,5H2,1-2H3. The first-order chi connectivity index (χ1) is 6.24. The van der Waals surface area contributed by atoms with Gasteiger partial charge in [0.2, 0.25) is 0 Å². The monoisotopic (exact) mass is 204 g/mol. The summed E-state index contributed by atoms with van der Waals surface area (Å²) in [7, 11) is 2.84. The molecular weight excluding hydrogens is 195 g/mol. The topological polar surface area (TPSA) is 18.5 Å². The summed E-state index contributed by atoms with van der Waals surface area (Å²) in [5.74, 6) is 0.123. The van der Waals surface area contributed by atoms with Crippen LogP contribution in [-0.4, -0.2) is 14.2 Å². The molecule has 0 unspecified atom stereocenters. The Labute approximate surface area is 81.2 Å². The van der Waals surface area contributed by atoms with E-state index in [0.717, 1.165) is 0 Å². The van der Waals surface area contributed by atoms with Crippen molar-refractivity contribution in [2.75, 3.05) is 14.2 Å². The van der Waals surface area contributed by atoms with E-state index in [1.807, 2.05) is 0 Å². The van der Waals surface area contributed by atoms with Gasteiger partial charge < -0.3 is 9.47 Å². The molecule has 0 heterocycles. The van der Waals surface area contributed by atoms with Gasteiger partial charge in [-0.3, -0.25) is 0 Å². The zero-order valence-corrected chi connectivity index (χ0v) is 8.19. The minimum Gasteiger partial charge on any atom is -0.493 e. The molecule has 0 aliphatic rings. The molecule has 72 valence electrons. The molecule has 0 spiro atoms. The van der Waals surface area contributed by atoms with Gasteiger partial charge in [0.25, 0.3) is 0 Å². The number of methoxy groups -OCH3 is 2. The number of ether oxygens (including phenoxy) is 2. The second-order valence-corrected chi connectivity index (χ2v) is 2.68. The summed E-state index contributed by atoms with van der Waals surface area (Å²) in [6.45, 7) is 0. The summed E-state index contributed by atoms with van der Waals surface area (Å²) >= 11 is 5.52. The Morgan fingerprint density at radius 3 is 2.46 bits per heavy atom. The summed E-state index contributed by atoms with van der Waals surface area (Å²) in [5.41, 5.74) is 0.402. The molecule has 0 saturated heterocycles. The number of rotatable bonds is 3. The lowest BCUT2D eigenvalue weighted by atomic mass is 10.2. The second-order valence-electron chi connectivity index (χ2n) is 2.41. The first-order valence-corrected chi connectivity index (χ1v) is 4.23. The third kappa shape index (κ3) is 1.86. The lowest BCUT2D eigenvalue weighted by molar-refractivity contribution is 0.336. The van der Waals surface area contributed by atoms with Crippen LogP contribution < -0.4 is 9.47 Å². The molecule has 0 amide bonds. The molecule has 0 aromatic heterocycles. The van der Waals surface area contributed by atoms with Gasteiger partial charge in [-0.2, -0.15) is 0 Å². The lowest BCUT2D eigenvalue weighted by Gasteiger charge is -2.09. The van der Waals surface area contributed by atoms with E-state index in [-0.39, 0.29) is 11.6 Å². The van der Waals surface area contributed by atoms with Crippen LogP contribution in [0.5, 0.6) is 11.5 Å². The van der Waals surface area contributed by atoms with Crippen molar-refractivity contribution >= 4 is 11.6 Å². The number of benzene rings is 1. The van der Waals surface area contributed by atoms with Gasteiger partial charge in [0.15, 0.2) is 17.3 Å². The summed E-state index contributed by atoms with van der Waals surface area (Å²) in [5, 5.41) is 0. The maximum atomic E-state index is 13.4. The van der Waals surface area contributed by atoms with Gasteiger partial charge in [-0.25, -0.2) is 4.39 Å². The summed E-state index contributed by atoms with van der Waals surface area (Å²) < 4.78 is 23.2. The Balaban J connectivity index is 3.23. The Morgan fingerprint density at radius 1 is 1.31 bits per heavy atom. The fourth-order valence-electron chi connectivity index (χ4n) is 1.03. The molecule has 1 rings (SSSR count). The fourth-order valence-corrected chi connectivity index (χ4v) is 1.24. The van der Waals surface area contributed by atoms with E-state index in [1.165, 1.54) is 14.2 Å². The summed E-state index contributed by atoms with van der Waals surface area (Å²) in [6.07, 6.45) is 0. The van der Waals surface area contributed by atoms with E-state index in [1.54, 1.807) is 12.1 Å². The first kappa shape index (κ1) is 10.1. The molecular formula is C9H10ClFO2. The smallest absolute Gasteiger partial charge is 0.197 e. The molecule has 0 atom stereocenters. The molecule has 1 aromatic carbocycles. The van der Waals surface area contributed by atoms with Crippen LogP contribution in [0.15, 0.2) is 12.1 Å². The van der Waals surface area contributed by atoms with Crippen LogP contribution in [0.1, 0.15) is 5.56 Å². The SMILES string of the molecule is COc1ccc(CCl)c(F)c1OC. The number of hydrogen-bond donors (Lipinski definition) is 0. The van der Waals surface area contributed by atoms with Crippen LogP contribution in [0.2, 0.25) is 0 Å². The Hall–Kier alpha value is -0.960. The van der Waals surface area contributed by atoms with Crippen molar-refractivity contribution in [3.05, 3.63) is 23.5 Å². The van der Waals surface area contributed by atoms with Gasteiger partial charge in [-0.15, -0.1) is 11.6 Å². The van der Waals surface area contributed by atoms with Crippen molar-refractivity contribution in [2.24, 2.45) is 0 Å².